The fourth-order valence-corrected chi connectivity index (χ4v) is 3.06. The molecule has 98 valence electrons. The first-order chi connectivity index (χ1) is 8.22. The molecule has 0 aromatic carbocycles. The van der Waals surface area contributed by atoms with Gasteiger partial charge in [-0.1, -0.05) is 13.3 Å². The van der Waals surface area contributed by atoms with E-state index < -0.39 is 0 Å². The number of hydrogen-bond acceptors (Lipinski definition) is 3. The SMILES string of the molecule is CCCC(O)CNC1CC(=O)N2CCCCC12. The molecule has 17 heavy (non-hydrogen) atoms. The van der Waals surface area contributed by atoms with Crippen molar-refractivity contribution in [3.05, 3.63) is 0 Å². The molecule has 0 aromatic heterocycles. The van der Waals surface area contributed by atoms with Crippen molar-refractivity contribution in [2.75, 3.05) is 13.1 Å². The van der Waals surface area contributed by atoms with Crippen LogP contribution in [0.4, 0.5) is 0 Å². The molecule has 4 nitrogen and oxygen atoms in total. The first-order valence-corrected chi connectivity index (χ1v) is 6.93. The van der Waals surface area contributed by atoms with Crippen molar-refractivity contribution in [3.8, 4) is 0 Å². The molecule has 2 aliphatic rings. The molecule has 0 spiro atoms. The van der Waals surface area contributed by atoms with E-state index >= 15 is 0 Å². The van der Waals surface area contributed by atoms with Crippen LogP contribution < -0.4 is 5.32 Å². The standard InChI is InChI=1S/C13H24N2O2/c1-2-5-10(16)9-14-11-8-13(17)15-7-4-3-6-12(11)15/h10-12,14,16H,2-9H2,1H3. The van der Waals surface area contributed by atoms with E-state index in [1.807, 2.05) is 4.90 Å². The number of aliphatic hydroxyl groups is 1. The first-order valence-electron chi connectivity index (χ1n) is 6.93. The Bertz CT molecular complexity index is 270. The van der Waals surface area contributed by atoms with Gasteiger partial charge in [0.2, 0.25) is 5.91 Å². The zero-order chi connectivity index (χ0) is 12.3. The second-order valence-electron chi connectivity index (χ2n) is 5.31. The molecular formula is C13H24N2O2. The number of rotatable bonds is 5. The minimum absolute atomic E-state index is 0.259. The van der Waals surface area contributed by atoms with Gasteiger partial charge in [0.25, 0.3) is 0 Å². The van der Waals surface area contributed by atoms with Crippen molar-refractivity contribution in [3.63, 3.8) is 0 Å². The fraction of sp³-hybridized carbons (Fsp3) is 0.923. The molecule has 0 saturated carbocycles. The van der Waals surface area contributed by atoms with Crippen LogP contribution in [0.1, 0.15) is 45.4 Å². The topological polar surface area (TPSA) is 52.6 Å². The summed E-state index contributed by atoms with van der Waals surface area (Å²) in [5, 5.41) is 13.1. The molecule has 3 atom stereocenters. The number of fused-ring (bicyclic) bond motifs is 1. The summed E-state index contributed by atoms with van der Waals surface area (Å²) in [7, 11) is 0. The summed E-state index contributed by atoms with van der Waals surface area (Å²) < 4.78 is 0. The number of hydrogen-bond donors (Lipinski definition) is 2. The van der Waals surface area contributed by atoms with Crippen LogP contribution in [0.2, 0.25) is 0 Å². The maximum Gasteiger partial charge on any atom is 0.224 e. The highest BCUT2D eigenvalue weighted by Crippen LogP contribution is 2.28. The van der Waals surface area contributed by atoms with E-state index in [-0.39, 0.29) is 18.1 Å². The molecule has 0 bridgehead atoms. The van der Waals surface area contributed by atoms with Crippen LogP contribution in [0.25, 0.3) is 0 Å². The summed E-state index contributed by atoms with van der Waals surface area (Å²) in [6.45, 7) is 3.63. The van der Waals surface area contributed by atoms with Crippen LogP contribution in [-0.2, 0) is 4.79 Å². The van der Waals surface area contributed by atoms with Crippen LogP contribution in [0.15, 0.2) is 0 Å². The second kappa shape index (κ2) is 5.83. The molecule has 2 heterocycles. The van der Waals surface area contributed by atoms with Crippen LogP contribution in [-0.4, -0.2) is 47.2 Å². The average Bonchev–Trinajstić information content (AvgIpc) is 2.65. The number of carbonyl (C=O) groups is 1. The molecule has 0 aliphatic carbocycles. The van der Waals surface area contributed by atoms with Crippen molar-refractivity contribution < 1.29 is 9.90 Å². The van der Waals surface area contributed by atoms with Crippen LogP contribution >= 0.6 is 0 Å². The molecule has 0 radical (unpaired) electrons. The highest BCUT2D eigenvalue weighted by atomic mass is 16.3. The van der Waals surface area contributed by atoms with Gasteiger partial charge in [-0.15, -0.1) is 0 Å². The number of nitrogens with one attached hydrogen (secondary N) is 1. The highest BCUT2D eigenvalue weighted by molar-refractivity contribution is 5.80. The predicted octanol–water partition coefficient (Wildman–Crippen LogP) is 0.890. The van der Waals surface area contributed by atoms with E-state index in [0.29, 0.717) is 19.0 Å². The summed E-state index contributed by atoms with van der Waals surface area (Å²) in [5.41, 5.74) is 0. The van der Waals surface area contributed by atoms with Crippen LogP contribution in [0.3, 0.4) is 0 Å². The van der Waals surface area contributed by atoms with Gasteiger partial charge >= 0.3 is 0 Å². The Morgan fingerprint density at radius 2 is 2.35 bits per heavy atom. The molecule has 0 aromatic rings. The third-order valence-corrected chi connectivity index (χ3v) is 3.97. The molecule has 2 saturated heterocycles. The molecule has 4 heteroatoms. The van der Waals surface area contributed by atoms with Gasteiger partial charge in [0.1, 0.15) is 0 Å². The third kappa shape index (κ3) is 2.99. The molecule has 1 amide bonds. The van der Waals surface area contributed by atoms with E-state index in [4.69, 9.17) is 0 Å². The van der Waals surface area contributed by atoms with E-state index in [2.05, 4.69) is 12.2 Å². The number of amides is 1. The Hall–Kier alpha value is -0.610. The summed E-state index contributed by atoms with van der Waals surface area (Å²) in [6.07, 6.45) is 5.67. The number of carbonyl (C=O) groups excluding carboxylic acids is 1. The zero-order valence-corrected chi connectivity index (χ0v) is 10.7. The molecule has 2 N–H and O–H groups in total. The largest absolute Gasteiger partial charge is 0.392 e. The average molecular weight is 240 g/mol. The Morgan fingerprint density at radius 1 is 1.53 bits per heavy atom. The molecule has 2 aliphatic heterocycles. The molecule has 2 fully saturated rings. The number of nitrogens with zero attached hydrogens (tertiary/aromatic N) is 1. The van der Waals surface area contributed by atoms with Gasteiger partial charge in [-0.05, 0) is 25.7 Å². The quantitative estimate of drug-likeness (QED) is 0.750. The minimum Gasteiger partial charge on any atom is -0.392 e. The minimum atomic E-state index is -0.271. The fourth-order valence-electron chi connectivity index (χ4n) is 3.06. The number of piperidine rings is 1. The highest BCUT2D eigenvalue weighted by Gasteiger charge is 2.40. The van der Waals surface area contributed by atoms with E-state index in [1.165, 1.54) is 6.42 Å². The van der Waals surface area contributed by atoms with Gasteiger partial charge in [0, 0.05) is 31.6 Å². The lowest BCUT2D eigenvalue weighted by Crippen LogP contribution is -2.47. The summed E-state index contributed by atoms with van der Waals surface area (Å²) >= 11 is 0. The predicted molar refractivity (Wildman–Crippen MR) is 66.7 cm³/mol. The Morgan fingerprint density at radius 3 is 3.12 bits per heavy atom. The normalized spacial score (nSPS) is 30.5. The van der Waals surface area contributed by atoms with Gasteiger partial charge < -0.3 is 15.3 Å². The third-order valence-electron chi connectivity index (χ3n) is 3.97. The summed E-state index contributed by atoms with van der Waals surface area (Å²) in [6, 6.07) is 0.638. The second-order valence-corrected chi connectivity index (χ2v) is 5.31. The summed E-state index contributed by atoms with van der Waals surface area (Å²) in [4.78, 5) is 13.8. The smallest absolute Gasteiger partial charge is 0.224 e. The van der Waals surface area contributed by atoms with Gasteiger partial charge in [0.15, 0.2) is 0 Å². The van der Waals surface area contributed by atoms with E-state index in [9.17, 15) is 9.90 Å². The lowest BCUT2D eigenvalue weighted by molar-refractivity contribution is -0.129. The van der Waals surface area contributed by atoms with E-state index in [1.54, 1.807) is 0 Å². The van der Waals surface area contributed by atoms with Gasteiger partial charge in [-0.25, -0.2) is 0 Å². The number of aliphatic hydroxyl groups excluding tert-OH is 1. The zero-order valence-electron chi connectivity index (χ0n) is 10.7. The Kier molecular flexibility index (Phi) is 4.40. The van der Waals surface area contributed by atoms with Crippen molar-refractivity contribution >= 4 is 5.91 Å². The van der Waals surface area contributed by atoms with Gasteiger partial charge in [-0.2, -0.15) is 0 Å². The maximum absolute atomic E-state index is 11.8. The first kappa shape index (κ1) is 12.8. The van der Waals surface area contributed by atoms with Crippen molar-refractivity contribution in [2.45, 2.75) is 63.6 Å². The van der Waals surface area contributed by atoms with Crippen molar-refractivity contribution in [1.82, 2.24) is 10.2 Å². The van der Waals surface area contributed by atoms with Crippen LogP contribution in [0, 0.1) is 0 Å². The van der Waals surface area contributed by atoms with Crippen molar-refractivity contribution in [2.24, 2.45) is 0 Å². The molecular weight excluding hydrogens is 216 g/mol. The lowest BCUT2D eigenvalue weighted by Gasteiger charge is -2.33. The molecule has 2 rings (SSSR count). The molecule has 3 unspecified atom stereocenters. The van der Waals surface area contributed by atoms with Crippen LogP contribution in [0.5, 0.6) is 0 Å². The maximum atomic E-state index is 11.8. The van der Waals surface area contributed by atoms with Gasteiger partial charge in [-0.3, -0.25) is 4.79 Å². The summed E-state index contributed by atoms with van der Waals surface area (Å²) in [5.74, 6) is 0.289. The van der Waals surface area contributed by atoms with Gasteiger partial charge in [0.05, 0.1) is 6.10 Å². The Labute approximate surface area is 103 Å². The Balaban J connectivity index is 1.82. The van der Waals surface area contributed by atoms with E-state index in [0.717, 1.165) is 32.2 Å². The lowest BCUT2D eigenvalue weighted by atomic mass is 9.99. The van der Waals surface area contributed by atoms with Crippen molar-refractivity contribution in [1.29, 1.82) is 0 Å². The monoisotopic (exact) mass is 240 g/mol.